The largest absolute Gasteiger partial charge is 0.478 e. The first-order valence-corrected chi connectivity index (χ1v) is 9.57. The van der Waals surface area contributed by atoms with Gasteiger partial charge in [0.2, 0.25) is 0 Å². The molecule has 11 heteroatoms. The number of carbonyl (C=O) groups excluding carboxylic acids is 2. The molecule has 1 aromatic carbocycles. The van der Waals surface area contributed by atoms with Gasteiger partial charge in [-0.2, -0.15) is 10.2 Å². The van der Waals surface area contributed by atoms with Crippen LogP contribution in [0.15, 0.2) is 48.9 Å². The Labute approximate surface area is 181 Å². The second kappa shape index (κ2) is 8.30. The third-order valence-electron chi connectivity index (χ3n) is 4.70. The van der Waals surface area contributed by atoms with E-state index in [1.807, 2.05) is 6.07 Å². The van der Waals surface area contributed by atoms with Crippen molar-refractivity contribution in [1.82, 2.24) is 24.4 Å². The second-order valence-electron chi connectivity index (χ2n) is 6.71. The van der Waals surface area contributed by atoms with Crippen molar-refractivity contribution in [3.05, 3.63) is 65.7 Å². The Balaban J connectivity index is 1.68. The van der Waals surface area contributed by atoms with Crippen LogP contribution >= 0.6 is 0 Å². The van der Waals surface area contributed by atoms with E-state index in [0.717, 1.165) is 6.20 Å². The predicted octanol–water partition coefficient (Wildman–Crippen LogP) is 2.26. The van der Waals surface area contributed by atoms with Crippen molar-refractivity contribution in [2.45, 2.75) is 6.92 Å². The Bertz CT molecular complexity index is 1360. The molecule has 2 N–H and O–H groups in total. The molecule has 0 aliphatic heterocycles. The first kappa shape index (κ1) is 20.7. The van der Waals surface area contributed by atoms with Crippen molar-refractivity contribution in [2.24, 2.45) is 7.05 Å². The molecular formula is C21H18N6O5. The topological polar surface area (TPSA) is 141 Å². The lowest BCUT2D eigenvalue weighted by Crippen LogP contribution is -2.19. The van der Waals surface area contributed by atoms with Gasteiger partial charge in [0.05, 0.1) is 24.7 Å². The highest BCUT2D eigenvalue weighted by molar-refractivity contribution is 6.09. The molecule has 11 nitrogen and oxygen atoms in total. The number of ether oxygens (including phenoxy) is 1. The normalized spacial score (nSPS) is 10.8. The Morgan fingerprint density at radius 3 is 2.66 bits per heavy atom. The zero-order chi connectivity index (χ0) is 22.8. The van der Waals surface area contributed by atoms with Crippen LogP contribution in [0.2, 0.25) is 0 Å². The number of hydrogen-bond donors (Lipinski definition) is 2. The molecule has 0 aliphatic carbocycles. The minimum atomic E-state index is -1.24. The molecule has 0 saturated carbocycles. The Morgan fingerprint density at radius 1 is 1.12 bits per heavy atom. The van der Waals surface area contributed by atoms with Gasteiger partial charge in [-0.1, -0.05) is 12.1 Å². The first-order valence-electron chi connectivity index (χ1n) is 9.57. The molecule has 3 heterocycles. The molecule has 0 atom stereocenters. The minimum absolute atomic E-state index is 0.0691. The van der Waals surface area contributed by atoms with Gasteiger partial charge in [-0.25, -0.2) is 19.1 Å². The van der Waals surface area contributed by atoms with E-state index in [-0.39, 0.29) is 23.4 Å². The lowest BCUT2D eigenvalue weighted by atomic mass is 10.1. The van der Waals surface area contributed by atoms with Crippen LogP contribution < -0.4 is 5.32 Å². The average molecular weight is 434 g/mol. The summed E-state index contributed by atoms with van der Waals surface area (Å²) in [4.78, 5) is 40.5. The molecule has 0 aliphatic rings. The van der Waals surface area contributed by atoms with Crippen LogP contribution in [0.5, 0.6) is 0 Å². The molecule has 0 saturated heterocycles. The number of aryl methyl sites for hydroxylation is 1. The molecule has 0 bridgehead atoms. The van der Waals surface area contributed by atoms with E-state index >= 15 is 0 Å². The Hall–Kier alpha value is -4.54. The van der Waals surface area contributed by atoms with Crippen LogP contribution in [0, 0.1) is 0 Å². The smallest absolute Gasteiger partial charge is 0.343 e. The summed E-state index contributed by atoms with van der Waals surface area (Å²) in [6.45, 7) is 1.95. The number of carboxylic acids is 1. The third-order valence-corrected chi connectivity index (χ3v) is 4.70. The number of aromatic carboxylic acids is 1. The molecule has 1 amide bonds. The number of benzene rings is 1. The second-order valence-corrected chi connectivity index (χ2v) is 6.71. The number of nitrogens with zero attached hydrogens (tertiary/aromatic N) is 5. The van der Waals surface area contributed by atoms with Gasteiger partial charge in [-0.05, 0) is 25.1 Å². The van der Waals surface area contributed by atoms with Crippen molar-refractivity contribution in [2.75, 3.05) is 11.9 Å². The summed E-state index contributed by atoms with van der Waals surface area (Å²) >= 11 is 0. The molecule has 0 fully saturated rings. The van der Waals surface area contributed by atoms with E-state index in [4.69, 9.17) is 4.74 Å². The third kappa shape index (κ3) is 3.67. The van der Waals surface area contributed by atoms with Crippen LogP contribution in [0.4, 0.5) is 5.69 Å². The van der Waals surface area contributed by atoms with Crippen LogP contribution in [0.1, 0.15) is 38.1 Å². The maximum Gasteiger partial charge on any atom is 0.343 e. The average Bonchev–Trinajstić information content (AvgIpc) is 3.37. The first-order chi connectivity index (χ1) is 15.4. The predicted molar refractivity (Wildman–Crippen MR) is 113 cm³/mol. The van der Waals surface area contributed by atoms with Crippen LogP contribution in [0.25, 0.3) is 16.9 Å². The standard InChI is InChI=1S/C21H18N6O5/c1-3-32-21(31)15-11-24-27-16(7-8-22-18(15)27)12-5-4-6-13(9-12)25-19(28)17-14(20(29)30)10-23-26(17)2/h4-11H,3H2,1-2H3,(H,25,28)(H,29,30). The summed E-state index contributed by atoms with van der Waals surface area (Å²) in [7, 11) is 1.49. The number of anilines is 1. The molecule has 0 spiro atoms. The number of amides is 1. The Kier molecular flexibility index (Phi) is 5.37. The van der Waals surface area contributed by atoms with Gasteiger partial charge >= 0.3 is 11.9 Å². The van der Waals surface area contributed by atoms with Crippen molar-refractivity contribution in [1.29, 1.82) is 0 Å². The Morgan fingerprint density at radius 2 is 1.91 bits per heavy atom. The summed E-state index contributed by atoms with van der Waals surface area (Å²) in [5, 5.41) is 20.1. The number of nitrogens with one attached hydrogen (secondary N) is 1. The minimum Gasteiger partial charge on any atom is -0.478 e. The number of esters is 1. The van der Waals surface area contributed by atoms with Gasteiger partial charge in [0.15, 0.2) is 5.65 Å². The van der Waals surface area contributed by atoms with Crippen molar-refractivity contribution >= 4 is 29.2 Å². The SMILES string of the molecule is CCOC(=O)c1cnn2c(-c3cccc(NC(=O)c4c(C(=O)O)cnn4C)c3)ccnc12. The highest BCUT2D eigenvalue weighted by Crippen LogP contribution is 2.24. The summed E-state index contributed by atoms with van der Waals surface area (Å²) < 4.78 is 7.76. The number of carboxylic acid groups (broad SMARTS) is 1. The van der Waals surface area contributed by atoms with Crippen molar-refractivity contribution in [3.63, 3.8) is 0 Å². The zero-order valence-corrected chi connectivity index (χ0v) is 17.1. The van der Waals surface area contributed by atoms with Gasteiger partial charge < -0.3 is 15.2 Å². The lowest BCUT2D eigenvalue weighted by molar-refractivity contribution is 0.0527. The quantitative estimate of drug-likeness (QED) is 0.440. The van der Waals surface area contributed by atoms with E-state index in [9.17, 15) is 19.5 Å². The molecule has 4 rings (SSSR count). The lowest BCUT2D eigenvalue weighted by Gasteiger charge is -2.10. The van der Waals surface area contributed by atoms with Gasteiger partial charge in [-0.3, -0.25) is 9.48 Å². The van der Waals surface area contributed by atoms with E-state index in [1.165, 1.54) is 22.4 Å². The van der Waals surface area contributed by atoms with E-state index in [2.05, 4.69) is 20.5 Å². The molecule has 3 aromatic heterocycles. The van der Waals surface area contributed by atoms with E-state index in [0.29, 0.717) is 22.6 Å². The number of fused-ring (bicyclic) bond motifs is 1. The number of carbonyl (C=O) groups is 3. The maximum atomic E-state index is 12.7. The van der Waals surface area contributed by atoms with Gasteiger partial charge in [-0.15, -0.1) is 0 Å². The van der Waals surface area contributed by atoms with Gasteiger partial charge in [0.1, 0.15) is 16.8 Å². The summed E-state index contributed by atoms with van der Waals surface area (Å²) in [5.74, 6) is -2.37. The molecule has 4 aromatic rings. The monoisotopic (exact) mass is 434 g/mol. The van der Waals surface area contributed by atoms with Crippen LogP contribution in [-0.2, 0) is 11.8 Å². The van der Waals surface area contributed by atoms with Crippen LogP contribution in [-0.4, -0.2) is 53.9 Å². The fourth-order valence-electron chi connectivity index (χ4n) is 3.27. The zero-order valence-electron chi connectivity index (χ0n) is 17.1. The fraction of sp³-hybridized carbons (Fsp3) is 0.143. The highest BCUT2D eigenvalue weighted by Gasteiger charge is 2.22. The summed E-state index contributed by atoms with van der Waals surface area (Å²) in [5.41, 5.74) is 2.09. The summed E-state index contributed by atoms with van der Waals surface area (Å²) in [6.07, 6.45) is 4.07. The molecule has 162 valence electrons. The number of hydrogen-bond acceptors (Lipinski definition) is 7. The number of aromatic nitrogens is 5. The van der Waals surface area contributed by atoms with Crippen molar-refractivity contribution in [3.8, 4) is 11.3 Å². The maximum absolute atomic E-state index is 12.7. The van der Waals surface area contributed by atoms with E-state index < -0.39 is 17.8 Å². The number of rotatable bonds is 6. The molecule has 0 unspecified atom stereocenters. The fourth-order valence-corrected chi connectivity index (χ4v) is 3.27. The highest BCUT2D eigenvalue weighted by atomic mass is 16.5. The summed E-state index contributed by atoms with van der Waals surface area (Å²) in [6, 6.07) is 8.63. The van der Waals surface area contributed by atoms with E-state index in [1.54, 1.807) is 37.4 Å². The molecule has 32 heavy (non-hydrogen) atoms. The van der Waals surface area contributed by atoms with Crippen molar-refractivity contribution < 1.29 is 24.2 Å². The molecule has 0 radical (unpaired) electrons. The molecular weight excluding hydrogens is 416 g/mol. The van der Waals surface area contributed by atoms with Gasteiger partial charge in [0, 0.05) is 24.5 Å². The van der Waals surface area contributed by atoms with Crippen LogP contribution in [0.3, 0.4) is 0 Å². The van der Waals surface area contributed by atoms with Gasteiger partial charge in [0.25, 0.3) is 5.91 Å².